The van der Waals surface area contributed by atoms with Gasteiger partial charge in [0.15, 0.2) is 11.7 Å². The largest absolute Gasteiger partial charge is 0.327 e. The zero-order chi connectivity index (χ0) is 10.7. The van der Waals surface area contributed by atoms with Gasteiger partial charge in [0.05, 0.1) is 0 Å². The van der Waals surface area contributed by atoms with Crippen molar-refractivity contribution in [3.63, 3.8) is 0 Å². The van der Waals surface area contributed by atoms with E-state index in [1.165, 1.54) is 0 Å². The molecule has 1 aliphatic rings. The number of allylic oxidation sites excluding steroid dienone is 3. The minimum atomic E-state index is -1.37. The molecule has 0 amide bonds. The van der Waals surface area contributed by atoms with Gasteiger partial charge < -0.3 is 5.73 Å². The van der Waals surface area contributed by atoms with Crippen molar-refractivity contribution in [2.24, 2.45) is 11.7 Å². The molecule has 0 aromatic carbocycles. The van der Waals surface area contributed by atoms with Crippen LogP contribution in [0.25, 0.3) is 0 Å². The number of halogens is 3. The van der Waals surface area contributed by atoms with Gasteiger partial charge in [-0.05, 0) is 12.5 Å². The van der Waals surface area contributed by atoms with Crippen LogP contribution in [-0.2, 0) is 0 Å². The molecule has 0 bridgehead atoms. The molecule has 1 rings (SSSR count). The minimum absolute atomic E-state index is 0.125. The molecular formula is C10H14F3N. The molecule has 2 N–H and O–H groups in total. The van der Waals surface area contributed by atoms with Crippen LogP contribution in [0.3, 0.4) is 0 Å². The molecule has 1 nitrogen and oxygen atoms in total. The van der Waals surface area contributed by atoms with Crippen LogP contribution in [0.4, 0.5) is 13.2 Å². The molecule has 0 aromatic rings. The van der Waals surface area contributed by atoms with Crippen molar-refractivity contribution in [3.8, 4) is 0 Å². The summed E-state index contributed by atoms with van der Waals surface area (Å²) in [6, 6.07) is -0.301. The second-order valence-electron chi connectivity index (χ2n) is 3.55. The number of rotatable bonds is 3. The van der Waals surface area contributed by atoms with E-state index in [2.05, 4.69) is 0 Å². The third kappa shape index (κ3) is 2.38. The van der Waals surface area contributed by atoms with Crippen LogP contribution in [0, 0.1) is 5.92 Å². The first-order valence-corrected chi connectivity index (χ1v) is 4.73. The fourth-order valence-electron chi connectivity index (χ4n) is 1.57. The van der Waals surface area contributed by atoms with Gasteiger partial charge in [-0.3, -0.25) is 0 Å². The van der Waals surface area contributed by atoms with Crippen molar-refractivity contribution in [1.82, 2.24) is 0 Å². The van der Waals surface area contributed by atoms with Gasteiger partial charge in [0.1, 0.15) is 5.83 Å². The second kappa shape index (κ2) is 4.64. The molecule has 0 aliphatic heterocycles. The maximum Gasteiger partial charge on any atom is 0.189 e. The van der Waals surface area contributed by atoms with E-state index in [0.29, 0.717) is 6.42 Å². The van der Waals surface area contributed by atoms with Gasteiger partial charge in [0, 0.05) is 18.4 Å². The highest BCUT2D eigenvalue weighted by molar-refractivity contribution is 5.28. The Morgan fingerprint density at radius 1 is 1.50 bits per heavy atom. The highest BCUT2D eigenvalue weighted by Gasteiger charge is 2.26. The first-order chi connectivity index (χ1) is 6.56. The predicted molar refractivity (Wildman–Crippen MR) is 49.4 cm³/mol. The monoisotopic (exact) mass is 205 g/mol. The lowest BCUT2D eigenvalue weighted by atomic mass is 9.89. The van der Waals surface area contributed by atoms with Gasteiger partial charge in [0.2, 0.25) is 0 Å². The third-order valence-corrected chi connectivity index (χ3v) is 2.40. The van der Waals surface area contributed by atoms with Crippen molar-refractivity contribution in [3.05, 3.63) is 23.6 Å². The first-order valence-electron chi connectivity index (χ1n) is 4.73. The molecule has 1 aliphatic carbocycles. The molecule has 0 spiro atoms. The molecule has 0 radical (unpaired) electrons. The molecule has 14 heavy (non-hydrogen) atoms. The highest BCUT2D eigenvalue weighted by Crippen LogP contribution is 2.33. The molecule has 0 fully saturated rings. The van der Waals surface area contributed by atoms with E-state index in [1.54, 1.807) is 0 Å². The molecule has 0 aromatic heterocycles. The summed E-state index contributed by atoms with van der Waals surface area (Å²) in [5, 5.41) is 0. The average Bonchev–Trinajstić information content (AvgIpc) is 2.13. The molecule has 0 saturated heterocycles. The van der Waals surface area contributed by atoms with E-state index in [0.717, 1.165) is 12.5 Å². The van der Waals surface area contributed by atoms with Gasteiger partial charge in [-0.15, -0.1) is 0 Å². The minimum Gasteiger partial charge on any atom is -0.327 e. The fraction of sp³-hybridized carbons (Fsp3) is 0.600. The van der Waals surface area contributed by atoms with Crippen LogP contribution in [0.1, 0.15) is 26.2 Å². The van der Waals surface area contributed by atoms with Gasteiger partial charge in [-0.1, -0.05) is 13.3 Å². The topological polar surface area (TPSA) is 26.0 Å². The van der Waals surface area contributed by atoms with Crippen LogP contribution >= 0.6 is 0 Å². The van der Waals surface area contributed by atoms with Crippen molar-refractivity contribution < 1.29 is 13.2 Å². The van der Waals surface area contributed by atoms with Gasteiger partial charge in [0.25, 0.3) is 0 Å². The maximum atomic E-state index is 12.8. The smallest absolute Gasteiger partial charge is 0.189 e. The summed E-state index contributed by atoms with van der Waals surface area (Å²) in [6.07, 6.45) is 2.49. The Bertz CT molecular complexity index is 271. The van der Waals surface area contributed by atoms with E-state index >= 15 is 0 Å². The van der Waals surface area contributed by atoms with Crippen molar-refractivity contribution in [2.45, 2.75) is 32.2 Å². The van der Waals surface area contributed by atoms with E-state index in [1.807, 2.05) is 6.92 Å². The van der Waals surface area contributed by atoms with Gasteiger partial charge in [-0.2, -0.15) is 0 Å². The Hall–Kier alpha value is -0.770. The quantitative estimate of drug-likeness (QED) is 0.752. The van der Waals surface area contributed by atoms with E-state index in [9.17, 15) is 13.2 Å². The number of hydrogen-bond donors (Lipinski definition) is 1. The Morgan fingerprint density at radius 3 is 2.64 bits per heavy atom. The lowest BCUT2D eigenvalue weighted by molar-refractivity contribution is 0.378. The summed E-state index contributed by atoms with van der Waals surface area (Å²) in [5.41, 5.74) is 5.71. The Kier molecular flexibility index (Phi) is 3.75. The number of nitrogens with two attached hydrogens (primary N) is 1. The summed E-state index contributed by atoms with van der Waals surface area (Å²) < 4.78 is 38.3. The highest BCUT2D eigenvalue weighted by atomic mass is 19.2. The SMILES string of the molecule is CCCC(N)C1C=C(F)C(F)=C(F)C1. The van der Waals surface area contributed by atoms with E-state index in [4.69, 9.17) is 5.73 Å². The summed E-state index contributed by atoms with van der Waals surface area (Å²) in [7, 11) is 0. The van der Waals surface area contributed by atoms with Crippen molar-refractivity contribution >= 4 is 0 Å². The Labute approximate surface area is 81.5 Å². The molecule has 4 heteroatoms. The van der Waals surface area contributed by atoms with Crippen LogP contribution in [0.5, 0.6) is 0 Å². The zero-order valence-corrected chi connectivity index (χ0v) is 8.06. The summed E-state index contributed by atoms with van der Waals surface area (Å²) in [4.78, 5) is 0. The van der Waals surface area contributed by atoms with Crippen molar-refractivity contribution in [1.29, 1.82) is 0 Å². The fourth-order valence-corrected chi connectivity index (χ4v) is 1.57. The number of hydrogen-bond acceptors (Lipinski definition) is 1. The zero-order valence-electron chi connectivity index (χ0n) is 8.06. The Morgan fingerprint density at radius 2 is 2.14 bits per heavy atom. The second-order valence-corrected chi connectivity index (χ2v) is 3.55. The average molecular weight is 205 g/mol. The summed E-state index contributed by atoms with van der Waals surface area (Å²) >= 11 is 0. The maximum absolute atomic E-state index is 12.8. The normalized spacial score (nSPS) is 24.9. The summed E-state index contributed by atoms with van der Waals surface area (Å²) in [6.45, 7) is 1.94. The predicted octanol–water partition coefficient (Wildman–Crippen LogP) is 3.14. The van der Waals surface area contributed by atoms with Crippen LogP contribution in [0.15, 0.2) is 23.6 Å². The molecule has 80 valence electrons. The van der Waals surface area contributed by atoms with E-state index in [-0.39, 0.29) is 12.5 Å². The standard InChI is InChI=1S/C10H14F3N/c1-2-3-9(14)6-4-7(11)10(13)8(12)5-6/h4,6,9H,2-3,5,14H2,1H3. The van der Waals surface area contributed by atoms with Crippen molar-refractivity contribution in [2.75, 3.05) is 0 Å². The summed E-state index contributed by atoms with van der Waals surface area (Å²) in [5.74, 6) is -3.94. The van der Waals surface area contributed by atoms with Gasteiger partial charge >= 0.3 is 0 Å². The molecule has 0 saturated carbocycles. The molecule has 2 unspecified atom stereocenters. The first kappa shape index (κ1) is 11.3. The third-order valence-electron chi connectivity index (χ3n) is 2.40. The molecular weight excluding hydrogens is 191 g/mol. The lowest BCUT2D eigenvalue weighted by Gasteiger charge is -2.22. The molecule has 2 atom stereocenters. The van der Waals surface area contributed by atoms with Crippen LogP contribution in [0.2, 0.25) is 0 Å². The van der Waals surface area contributed by atoms with Crippen LogP contribution < -0.4 is 5.73 Å². The Balaban J connectivity index is 2.70. The molecule has 0 heterocycles. The van der Waals surface area contributed by atoms with Crippen LogP contribution in [-0.4, -0.2) is 6.04 Å². The van der Waals surface area contributed by atoms with Gasteiger partial charge in [-0.25, -0.2) is 13.2 Å². The van der Waals surface area contributed by atoms with E-state index < -0.39 is 23.4 Å². The lowest BCUT2D eigenvalue weighted by Crippen LogP contribution is -2.30.